The fraction of sp³-hybridized carbons (Fsp3) is 0.545. The zero-order valence-corrected chi connectivity index (χ0v) is 9.93. The van der Waals surface area contributed by atoms with Gasteiger partial charge in [-0.05, 0) is 19.1 Å². The zero-order valence-electron chi connectivity index (χ0n) is 9.93. The van der Waals surface area contributed by atoms with Crippen LogP contribution in [-0.2, 0) is 15.1 Å². The highest BCUT2D eigenvalue weighted by molar-refractivity contribution is 5.31. The Labute approximate surface area is 95.0 Å². The van der Waals surface area contributed by atoms with E-state index in [1.165, 1.54) is 21.3 Å². The molecule has 1 heterocycles. The minimum absolute atomic E-state index is 0.381. The van der Waals surface area contributed by atoms with Crippen molar-refractivity contribution < 1.29 is 19.3 Å². The van der Waals surface area contributed by atoms with Crippen LogP contribution >= 0.6 is 0 Å². The Bertz CT molecular complexity index is 337. The third-order valence-corrected chi connectivity index (χ3v) is 2.36. The van der Waals surface area contributed by atoms with Gasteiger partial charge in [-0.25, -0.2) is 0 Å². The molecular formula is C11H17NO4. The maximum absolute atomic E-state index is 10.4. The molecule has 0 aliphatic carbocycles. The Morgan fingerprint density at radius 2 is 1.94 bits per heavy atom. The zero-order chi connectivity index (χ0) is 12.2. The number of methoxy groups -OCH3 is 3. The predicted molar refractivity (Wildman–Crippen MR) is 58.2 cm³/mol. The van der Waals surface area contributed by atoms with E-state index in [9.17, 15) is 5.11 Å². The Morgan fingerprint density at radius 3 is 2.44 bits per heavy atom. The molecule has 1 aromatic rings. The van der Waals surface area contributed by atoms with Crippen LogP contribution in [0.1, 0.15) is 12.6 Å². The number of hydrogen-bond donors (Lipinski definition) is 1. The smallest absolute Gasteiger partial charge is 0.191 e. The van der Waals surface area contributed by atoms with Crippen LogP contribution < -0.4 is 4.74 Å². The lowest BCUT2D eigenvalue weighted by atomic mass is 10.00. The molecule has 0 radical (unpaired) electrons. The standard InChI is InChI=1S/C11H17NO4/c1-11(13,10(15-3)16-4)9-8(14-2)6-5-7-12-9/h5-7,10,13H,1-4H3. The summed E-state index contributed by atoms with van der Waals surface area (Å²) >= 11 is 0. The van der Waals surface area contributed by atoms with Gasteiger partial charge in [0.2, 0.25) is 0 Å². The lowest BCUT2D eigenvalue weighted by Gasteiger charge is -2.30. The minimum atomic E-state index is -1.38. The lowest BCUT2D eigenvalue weighted by Crippen LogP contribution is -2.40. The third kappa shape index (κ3) is 2.32. The maximum atomic E-state index is 10.4. The highest BCUT2D eigenvalue weighted by Gasteiger charge is 2.38. The van der Waals surface area contributed by atoms with Crippen molar-refractivity contribution in [2.45, 2.75) is 18.8 Å². The van der Waals surface area contributed by atoms with Gasteiger partial charge in [0.25, 0.3) is 0 Å². The summed E-state index contributed by atoms with van der Waals surface area (Å²) in [5, 5.41) is 10.4. The molecule has 1 N–H and O–H groups in total. The number of rotatable bonds is 5. The molecule has 1 rings (SSSR count). The highest BCUT2D eigenvalue weighted by atomic mass is 16.7. The van der Waals surface area contributed by atoms with Gasteiger partial charge in [-0.1, -0.05) is 0 Å². The van der Waals surface area contributed by atoms with Gasteiger partial charge in [-0.3, -0.25) is 4.98 Å². The van der Waals surface area contributed by atoms with Crippen molar-refractivity contribution in [3.8, 4) is 5.75 Å². The molecule has 0 saturated heterocycles. The van der Waals surface area contributed by atoms with Crippen molar-refractivity contribution in [3.05, 3.63) is 24.0 Å². The second kappa shape index (κ2) is 5.25. The molecule has 0 spiro atoms. The fourth-order valence-corrected chi connectivity index (χ4v) is 1.60. The normalized spacial score (nSPS) is 14.9. The van der Waals surface area contributed by atoms with E-state index in [4.69, 9.17) is 14.2 Å². The average Bonchev–Trinajstić information content (AvgIpc) is 2.30. The van der Waals surface area contributed by atoms with Gasteiger partial charge in [0, 0.05) is 20.4 Å². The summed E-state index contributed by atoms with van der Waals surface area (Å²) in [5.74, 6) is 0.492. The molecule has 0 fully saturated rings. The monoisotopic (exact) mass is 227 g/mol. The summed E-state index contributed by atoms with van der Waals surface area (Å²) in [6.45, 7) is 1.56. The van der Waals surface area contributed by atoms with E-state index >= 15 is 0 Å². The van der Waals surface area contributed by atoms with Crippen molar-refractivity contribution >= 4 is 0 Å². The van der Waals surface area contributed by atoms with Crippen LogP contribution in [0, 0.1) is 0 Å². The van der Waals surface area contributed by atoms with E-state index in [1.807, 2.05) is 0 Å². The molecule has 5 heteroatoms. The number of nitrogens with zero attached hydrogens (tertiary/aromatic N) is 1. The molecule has 1 aromatic heterocycles. The van der Waals surface area contributed by atoms with Crippen LogP contribution in [0.5, 0.6) is 5.75 Å². The van der Waals surface area contributed by atoms with Gasteiger partial charge in [0.15, 0.2) is 11.9 Å². The first kappa shape index (κ1) is 12.9. The van der Waals surface area contributed by atoms with Crippen molar-refractivity contribution in [1.82, 2.24) is 4.98 Å². The van der Waals surface area contributed by atoms with Gasteiger partial charge < -0.3 is 19.3 Å². The molecule has 90 valence electrons. The molecule has 0 aliphatic heterocycles. The number of ether oxygens (including phenoxy) is 3. The number of pyridine rings is 1. The van der Waals surface area contributed by atoms with Crippen molar-refractivity contribution in [2.24, 2.45) is 0 Å². The Morgan fingerprint density at radius 1 is 1.31 bits per heavy atom. The Kier molecular flexibility index (Phi) is 4.23. The van der Waals surface area contributed by atoms with Gasteiger partial charge in [-0.15, -0.1) is 0 Å². The average molecular weight is 227 g/mol. The summed E-state index contributed by atoms with van der Waals surface area (Å²) < 4.78 is 15.2. The molecule has 0 amide bonds. The first-order valence-electron chi connectivity index (χ1n) is 4.85. The van der Waals surface area contributed by atoms with Gasteiger partial charge in [0.1, 0.15) is 11.4 Å². The first-order valence-corrected chi connectivity index (χ1v) is 4.85. The maximum Gasteiger partial charge on any atom is 0.191 e. The molecule has 0 bridgehead atoms. The number of aliphatic hydroxyl groups is 1. The van der Waals surface area contributed by atoms with E-state index in [0.29, 0.717) is 11.4 Å². The van der Waals surface area contributed by atoms with Crippen molar-refractivity contribution in [1.29, 1.82) is 0 Å². The summed E-state index contributed by atoms with van der Waals surface area (Å²) in [6.07, 6.45) is 0.769. The minimum Gasteiger partial charge on any atom is -0.495 e. The lowest BCUT2D eigenvalue weighted by molar-refractivity contribution is -0.214. The molecule has 5 nitrogen and oxygen atoms in total. The van der Waals surface area contributed by atoms with Crippen LogP contribution in [0.15, 0.2) is 18.3 Å². The summed E-state index contributed by atoms with van der Waals surface area (Å²) in [6, 6.07) is 3.45. The van der Waals surface area contributed by atoms with E-state index in [2.05, 4.69) is 4.98 Å². The van der Waals surface area contributed by atoms with Gasteiger partial charge in [0.05, 0.1) is 7.11 Å². The second-order valence-corrected chi connectivity index (χ2v) is 3.51. The topological polar surface area (TPSA) is 60.8 Å². The van der Waals surface area contributed by atoms with Gasteiger partial charge >= 0.3 is 0 Å². The molecule has 0 aliphatic rings. The Balaban J connectivity index is 3.14. The van der Waals surface area contributed by atoms with Crippen LogP contribution in [0.25, 0.3) is 0 Å². The summed E-state index contributed by atoms with van der Waals surface area (Å²) in [7, 11) is 4.43. The van der Waals surface area contributed by atoms with Crippen LogP contribution in [0.4, 0.5) is 0 Å². The third-order valence-electron chi connectivity index (χ3n) is 2.36. The number of hydrogen-bond acceptors (Lipinski definition) is 5. The van der Waals surface area contributed by atoms with E-state index in [1.54, 1.807) is 25.3 Å². The van der Waals surface area contributed by atoms with Crippen LogP contribution in [0.3, 0.4) is 0 Å². The van der Waals surface area contributed by atoms with Crippen molar-refractivity contribution in [3.63, 3.8) is 0 Å². The van der Waals surface area contributed by atoms with E-state index in [-0.39, 0.29) is 0 Å². The first-order chi connectivity index (χ1) is 7.57. The van der Waals surface area contributed by atoms with E-state index in [0.717, 1.165) is 0 Å². The molecule has 0 saturated carbocycles. The SMILES string of the molecule is COc1cccnc1C(C)(O)C(OC)OC. The molecule has 1 unspecified atom stereocenters. The number of aromatic nitrogens is 1. The molecular weight excluding hydrogens is 210 g/mol. The van der Waals surface area contributed by atoms with Crippen LogP contribution in [-0.4, -0.2) is 37.7 Å². The predicted octanol–water partition coefficient (Wildman–Crippen LogP) is 0.917. The van der Waals surface area contributed by atoms with Crippen LogP contribution in [0.2, 0.25) is 0 Å². The highest BCUT2D eigenvalue weighted by Crippen LogP contribution is 2.31. The summed E-state index contributed by atoms with van der Waals surface area (Å²) in [5.41, 5.74) is -0.998. The molecule has 16 heavy (non-hydrogen) atoms. The van der Waals surface area contributed by atoms with Crippen molar-refractivity contribution in [2.75, 3.05) is 21.3 Å². The Hall–Kier alpha value is -1.17. The van der Waals surface area contributed by atoms with Gasteiger partial charge in [-0.2, -0.15) is 0 Å². The largest absolute Gasteiger partial charge is 0.495 e. The molecule has 1 atom stereocenters. The van der Waals surface area contributed by atoms with E-state index < -0.39 is 11.9 Å². The molecule has 0 aromatic carbocycles. The second-order valence-electron chi connectivity index (χ2n) is 3.51. The summed E-state index contributed by atoms with van der Waals surface area (Å²) in [4.78, 5) is 4.10. The quantitative estimate of drug-likeness (QED) is 0.758. The fourth-order valence-electron chi connectivity index (χ4n) is 1.60.